The zero-order chi connectivity index (χ0) is 15.2. The predicted molar refractivity (Wildman–Crippen MR) is 85.4 cm³/mol. The van der Waals surface area contributed by atoms with Crippen LogP contribution in [0.4, 0.5) is 5.69 Å². The van der Waals surface area contributed by atoms with Crippen molar-refractivity contribution in [3.63, 3.8) is 0 Å². The molecule has 0 atom stereocenters. The van der Waals surface area contributed by atoms with Crippen LogP contribution in [0.5, 0.6) is 0 Å². The molecule has 0 aliphatic carbocycles. The Morgan fingerprint density at radius 3 is 2.62 bits per heavy atom. The number of aryl methyl sites for hydroxylation is 1. The summed E-state index contributed by atoms with van der Waals surface area (Å²) in [6.07, 6.45) is 3.48. The summed E-state index contributed by atoms with van der Waals surface area (Å²) in [5.41, 5.74) is 3.75. The molecule has 1 heterocycles. The highest BCUT2D eigenvalue weighted by atomic mass is 16.2. The average Bonchev–Trinajstić information content (AvgIpc) is 2.49. The van der Waals surface area contributed by atoms with E-state index in [1.54, 1.807) is 17.3 Å². The first kappa shape index (κ1) is 15.0. The third kappa shape index (κ3) is 3.81. The van der Waals surface area contributed by atoms with E-state index < -0.39 is 0 Å². The number of amides is 1. The van der Waals surface area contributed by atoms with Crippen molar-refractivity contribution >= 4 is 11.6 Å². The zero-order valence-corrected chi connectivity index (χ0v) is 12.8. The highest BCUT2D eigenvalue weighted by Gasteiger charge is 2.16. The van der Waals surface area contributed by atoms with Crippen LogP contribution in [0, 0.1) is 6.92 Å². The number of anilines is 1. The van der Waals surface area contributed by atoms with E-state index in [1.807, 2.05) is 51.2 Å². The summed E-state index contributed by atoms with van der Waals surface area (Å²) in [6.45, 7) is 5.38. The number of nitrogens with one attached hydrogen (secondary N) is 1. The maximum absolute atomic E-state index is 12.7. The van der Waals surface area contributed by atoms with Crippen LogP contribution in [0.15, 0.2) is 42.7 Å². The Kier molecular flexibility index (Phi) is 4.93. The Bertz CT molecular complexity index is 611. The fraction of sp³-hybridized carbons (Fsp3) is 0.294. The van der Waals surface area contributed by atoms with Crippen LogP contribution >= 0.6 is 0 Å². The number of carbonyl (C=O) groups is 1. The van der Waals surface area contributed by atoms with Crippen LogP contribution in [0.25, 0.3) is 0 Å². The van der Waals surface area contributed by atoms with Crippen LogP contribution in [-0.4, -0.2) is 29.4 Å². The molecule has 2 aromatic rings. The lowest BCUT2D eigenvalue weighted by Crippen LogP contribution is -2.27. The second kappa shape index (κ2) is 6.88. The third-order valence-electron chi connectivity index (χ3n) is 3.29. The Hall–Kier alpha value is -2.36. The highest BCUT2D eigenvalue weighted by Crippen LogP contribution is 2.19. The first-order chi connectivity index (χ1) is 10.1. The molecule has 0 saturated heterocycles. The molecule has 0 spiro atoms. The van der Waals surface area contributed by atoms with Gasteiger partial charge in [-0.05, 0) is 43.7 Å². The Labute approximate surface area is 125 Å². The molecule has 0 unspecified atom stereocenters. The summed E-state index contributed by atoms with van der Waals surface area (Å²) in [5, 5.41) is 3.25. The summed E-state index contributed by atoms with van der Waals surface area (Å²) >= 11 is 0. The number of rotatable bonds is 5. The van der Waals surface area contributed by atoms with Crippen LogP contribution in [-0.2, 0) is 6.54 Å². The molecule has 1 N–H and O–H groups in total. The Morgan fingerprint density at radius 1 is 1.24 bits per heavy atom. The van der Waals surface area contributed by atoms with Gasteiger partial charge < -0.3 is 10.2 Å². The third-order valence-corrected chi connectivity index (χ3v) is 3.29. The fourth-order valence-electron chi connectivity index (χ4n) is 2.22. The first-order valence-electron chi connectivity index (χ1n) is 7.10. The molecule has 0 aliphatic rings. The van der Waals surface area contributed by atoms with E-state index in [2.05, 4.69) is 10.3 Å². The molecule has 4 nitrogen and oxygen atoms in total. The standard InChI is InChI=1S/C17H21N3O/c1-4-19-16-6-5-13(2)11-15(16)17(21)20(3)12-14-7-9-18-10-8-14/h5-11,19H,4,12H2,1-3H3. The zero-order valence-electron chi connectivity index (χ0n) is 12.8. The number of pyridine rings is 1. The van der Waals surface area contributed by atoms with Crippen molar-refractivity contribution in [2.24, 2.45) is 0 Å². The summed E-state index contributed by atoms with van der Waals surface area (Å²) in [5.74, 6) is 0.0199. The molecule has 110 valence electrons. The lowest BCUT2D eigenvalue weighted by molar-refractivity contribution is 0.0786. The smallest absolute Gasteiger partial charge is 0.256 e. The minimum absolute atomic E-state index is 0.0199. The number of carbonyl (C=O) groups excluding carboxylic acids is 1. The van der Waals surface area contributed by atoms with E-state index in [4.69, 9.17) is 0 Å². The molecule has 0 radical (unpaired) electrons. The molecule has 21 heavy (non-hydrogen) atoms. The van der Waals surface area contributed by atoms with Gasteiger partial charge in [-0.25, -0.2) is 0 Å². The largest absolute Gasteiger partial charge is 0.385 e. The van der Waals surface area contributed by atoms with Gasteiger partial charge in [0.25, 0.3) is 5.91 Å². The molecular weight excluding hydrogens is 262 g/mol. The van der Waals surface area contributed by atoms with Gasteiger partial charge in [-0.2, -0.15) is 0 Å². The van der Waals surface area contributed by atoms with Crippen molar-refractivity contribution in [2.75, 3.05) is 18.9 Å². The van der Waals surface area contributed by atoms with E-state index in [9.17, 15) is 4.79 Å². The maximum Gasteiger partial charge on any atom is 0.256 e. The van der Waals surface area contributed by atoms with Crippen LogP contribution in [0.1, 0.15) is 28.4 Å². The van der Waals surface area contributed by atoms with Gasteiger partial charge in [0.2, 0.25) is 0 Å². The van der Waals surface area contributed by atoms with Gasteiger partial charge in [-0.3, -0.25) is 9.78 Å². The first-order valence-corrected chi connectivity index (χ1v) is 7.10. The van der Waals surface area contributed by atoms with E-state index >= 15 is 0 Å². The number of hydrogen-bond acceptors (Lipinski definition) is 3. The molecule has 1 aromatic heterocycles. The minimum atomic E-state index is 0.0199. The number of aromatic nitrogens is 1. The molecule has 4 heteroatoms. The quantitative estimate of drug-likeness (QED) is 0.917. The summed E-state index contributed by atoms with van der Waals surface area (Å²) in [6, 6.07) is 9.75. The SMILES string of the molecule is CCNc1ccc(C)cc1C(=O)N(C)Cc1ccncc1. The molecule has 2 rings (SSSR count). The van der Waals surface area contributed by atoms with E-state index in [-0.39, 0.29) is 5.91 Å². The monoisotopic (exact) mass is 283 g/mol. The predicted octanol–water partition coefficient (Wildman–Crippen LogP) is 3.09. The molecular formula is C17H21N3O. The second-order valence-electron chi connectivity index (χ2n) is 5.10. The van der Waals surface area contributed by atoms with Crippen molar-refractivity contribution in [1.29, 1.82) is 0 Å². The van der Waals surface area contributed by atoms with Gasteiger partial charge >= 0.3 is 0 Å². The van der Waals surface area contributed by atoms with Crippen molar-refractivity contribution in [3.8, 4) is 0 Å². The van der Waals surface area contributed by atoms with E-state index in [1.165, 1.54) is 0 Å². The number of hydrogen-bond donors (Lipinski definition) is 1. The van der Waals surface area contributed by atoms with E-state index in [0.717, 1.165) is 23.4 Å². The van der Waals surface area contributed by atoms with Gasteiger partial charge in [0, 0.05) is 38.2 Å². The Morgan fingerprint density at radius 2 is 1.95 bits per heavy atom. The van der Waals surface area contributed by atoms with Crippen molar-refractivity contribution in [3.05, 3.63) is 59.4 Å². The molecule has 0 fully saturated rings. The highest BCUT2D eigenvalue weighted by molar-refractivity contribution is 5.99. The molecule has 1 amide bonds. The van der Waals surface area contributed by atoms with Gasteiger partial charge in [0.05, 0.1) is 5.56 Å². The van der Waals surface area contributed by atoms with Crippen molar-refractivity contribution in [1.82, 2.24) is 9.88 Å². The molecule has 1 aromatic carbocycles. The lowest BCUT2D eigenvalue weighted by Gasteiger charge is -2.20. The van der Waals surface area contributed by atoms with Gasteiger partial charge in [0.1, 0.15) is 0 Å². The molecule has 0 bridgehead atoms. The summed E-state index contributed by atoms with van der Waals surface area (Å²) in [4.78, 5) is 18.4. The van der Waals surface area contributed by atoms with Crippen LogP contribution < -0.4 is 5.32 Å². The second-order valence-corrected chi connectivity index (χ2v) is 5.10. The van der Waals surface area contributed by atoms with Gasteiger partial charge in [-0.15, -0.1) is 0 Å². The summed E-state index contributed by atoms with van der Waals surface area (Å²) in [7, 11) is 1.82. The normalized spacial score (nSPS) is 10.2. The van der Waals surface area contributed by atoms with Crippen molar-refractivity contribution < 1.29 is 4.79 Å². The molecule has 0 aliphatic heterocycles. The van der Waals surface area contributed by atoms with Crippen LogP contribution in [0.3, 0.4) is 0 Å². The maximum atomic E-state index is 12.7. The van der Waals surface area contributed by atoms with Gasteiger partial charge in [-0.1, -0.05) is 11.6 Å². The van der Waals surface area contributed by atoms with E-state index in [0.29, 0.717) is 12.1 Å². The van der Waals surface area contributed by atoms with Crippen molar-refractivity contribution in [2.45, 2.75) is 20.4 Å². The number of benzene rings is 1. The number of nitrogens with zero attached hydrogens (tertiary/aromatic N) is 2. The minimum Gasteiger partial charge on any atom is -0.385 e. The fourth-order valence-corrected chi connectivity index (χ4v) is 2.22. The topological polar surface area (TPSA) is 45.2 Å². The summed E-state index contributed by atoms with van der Waals surface area (Å²) < 4.78 is 0. The van der Waals surface area contributed by atoms with Gasteiger partial charge in [0.15, 0.2) is 0 Å². The average molecular weight is 283 g/mol. The lowest BCUT2D eigenvalue weighted by atomic mass is 10.1. The molecule has 0 saturated carbocycles. The van der Waals surface area contributed by atoms with Crippen LogP contribution in [0.2, 0.25) is 0 Å². The Balaban J connectivity index is 2.20.